The summed E-state index contributed by atoms with van der Waals surface area (Å²) in [4.78, 5) is 16.2. The Morgan fingerprint density at radius 2 is 1.72 bits per heavy atom. The van der Waals surface area contributed by atoms with Crippen molar-refractivity contribution in [3.8, 4) is 28.1 Å². The standard InChI is InChI=1S/C24H18FNO3/c1-2-29-19-5-3-4-17(12-19)15-6-8-16(9-7-15)23-14-21(24(27)28)20-13-18(25)10-11-22(20)26-23/h3-14H,2H2,1H3,(H,27,28). The molecule has 1 N–H and O–H groups in total. The van der Waals surface area contributed by atoms with E-state index in [0.717, 1.165) is 22.4 Å². The van der Waals surface area contributed by atoms with Crippen LogP contribution < -0.4 is 4.74 Å². The number of pyridine rings is 1. The molecule has 29 heavy (non-hydrogen) atoms. The van der Waals surface area contributed by atoms with E-state index in [1.165, 1.54) is 24.3 Å². The first-order chi connectivity index (χ1) is 14.0. The largest absolute Gasteiger partial charge is 0.494 e. The fraction of sp³-hybridized carbons (Fsp3) is 0.0833. The Labute approximate surface area is 167 Å². The van der Waals surface area contributed by atoms with Gasteiger partial charge in [0.1, 0.15) is 11.6 Å². The molecule has 0 amide bonds. The molecule has 0 unspecified atom stereocenters. The monoisotopic (exact) mass is 387 g/mol. The van der Waals surface area contributed by atoms with Crippen LogP contribution in [0.5, 0.6) is 5.75 Å². The number of nitrogens with zero attached hydrogens (tertiary/aromatic N) is 1. The Hall–Kier alpha value is -3.73. The number of hydrogen-bond donors (Lipinski definition) is 1. The highest BCUT2D eigenvalue weighted by atomic mass is 19.1. The van der Waals surface area contributed by atoms with E-state index >= 15 is 0 Å². The molecule has 3 aromatic carbocycles. The lowest BCUT2D eigenvalue weighted by Crippen LogP contribution is -2.00. The number of carboxylic acids is 1. The van der Waals surface area contributed by atoms with Gasteiger partial charge in [-0.1, -0.05) is 36.4 Å². The molecule has 0 aliphatic rings. The van der Waals surface area contributed by atoms with Crippen molar-refractivity contribution in [1.29, 1.82) is 0 Å². The molecule has 5 heteroatoms. The first-order valence-electron chi connectivity index (χ1n) is 9.22. The Morgan fingerprint density at radius 1 is 0.966 bits per heavy atom. The molecule has 0 aliphatic heterocycles. The van der Waals surface area contributed by atoms with Crippen LogP contribution in [0.25, 0.3) is 33.3 Å². The van der Waals surface area contributed by atoms with Crippen LogP contribution >= 0.6 is 0 Å². The normalized spacial score (nSPS) is 10.8. The third-order valence-electron chi connectivity index (χ3n) is 4.66. The van der Waals surface area contributed by atoms with Gasteiger partial charge in [0.25, 0.3) is 0 Å². The Bertz CT molecular complexity index is 1200. The summed E-state index contributed by atoms with van der Waals surface area (Å²) in [6.45, 7) is 2.55. The molecule has 0 atom stereocenters. The van der Waals surface area contributed by atoms with Crippen LogP contribution in [0.2, 0.25) is 0 Å². The van der Waals surface area contributed by atoms with Crippen LogP contribution in [0.1, 0.15) is 17.3 Å². The van der Waals surface area contributed by atoms with E-state index in [2.05, 4.69) is 4.98 Å². The average molecular weight is 387 g/mol. The zero-order valence-corrected chi connectivity index (χ0v) is 15.7. The SMILES string of the molecule is CCOc1cccc(-c2ccc(-c3cc(C(=O)O)c4cc(F)ccc4n3)cc2)c1. The summed E-state index contributed by atoms with van der Waals surface area (Å²) in [6.07, 6.45) is 0. The van der Waals surface area contributed by atoms with Gasteiger partial charge in [-0.25, -0.2) is 14.2 Å². The van der Waals surface area contributed by atoms with Crippen molar-refractivity contribution in [1.82, 2.24) is 4.98 Å². The summed E-state index contributed by atoms with van der Waals surface area (Å²) < 4.78 is 19.1. The van der Waals surface area contributed by atoms with Crippen molar-refractivity contribution in [3.63, 3.8) is 0 Å². The zero-order chi connectivity index (χ0) is 20.4. The molecule has 0 saturated carbocycles. The second-order valence-corrected chi connectivity index (χ2v) is 6.56. The second kappa shape index (κ2) is 7.72. The summed E-state index contributed by atoms with van der Waals surface area (Å²) >= 11 is 0. The average Bonchev–Trinajstić information content (AvgIpc) is 2.73. The van der Waals surface area contributed by atoms with Gasteiger partial charge < -0.3 is 9.84 Å². The minimum Gasteiger partial charge on any atom is -0.494 e. The summed E-state index contributed by atoms with van der Waals surface area (Å²) in [5.41, 5.74) is 3.81. The Morgan fingerprint density at radius 3 is 2.45 bits per heavy atom. The molecule has 4 rings (SSSR count). The smallest absolute Gasteiger partial charge is 0.336 e. The van der Waals surface area contributed by atoms with Crippen molar-refractivity contribution >= 4 is 16.9 Å². The van der Waals surface area contributed by atoms with Gasteiger partial charge in [-0.15, -0.1) is 0 Å². The lowest BCUT2D eigenvalue weighted by Gasteiger charge is -2.09. The Balaban J connectivity index is 1.74. The summed E-state index contributed by atoms with van der Waals surface area (Å²) in [5.74, 6) is -0.801. The summed E-state index contributed by atoms with van der Waals surface area (Å²) in [6, 6.07) is 21.0. The third kappa shape index (κ3) is 3.80. The van der Waals surface area contributed by atoms with Gasteiger partial charge in [0.15, 0.2) is 0 Å². The van der Waals surface area contributed by atoms with E-state index in [9.17, 15) is 14.3 Å². The van der Waals surface area contributed by atoms with Crippen molar-refractivity contribution in [2.75, 3.05) is 6.61 Å². The molecule has 0 spiro atoms. The highest BCUT2D eigenvalue weighted by molar-refractivity contribution is 6.03. The maximum absolute atomic E-state index is 13.6. The number of carbonyl (C=O) groups is 1. The van der Waals surface area contributed by atoms with Gasteiger partial charge in [0.2, 0.25) is 0 Å². The quantitative estimate of drug-likeness (QED) is 0.470. The molecule has 0 saturated heterocycles. The molecule has 144 valence electrons. The highest BCUT2D eigenvalue weighted by Gasteiger charge is 2.14. The topological polar surface area (TPSA) is 59.4 Å². The van der Waals surface area contributed by atoms with Crippen LogP contribution in [0, 0.1) is 5.82 Å². The van der Waals surface area contributed by atoms with E-state index < -0.39 is 11.8 Å². The van der Waals surface area contributed by atoms with Crippen LogP contribution in [-0.4, -0.2) is 22.7 Å². The number of aromatic nitrogens is 1. The van der Waals surface area contributed by atoms with Gasteiger partial charge in [0.05, 0.1) is 23.4 Å². The highest BCUT2D eigenvalue weighted by Crippen LogP contribution is 2.29. The Kier molecular flexibility index (Phi) is 4.96. The minimum atomic E-state index is -1.12. The molecular formula is C24H18FNO3. The van der Waals surface area contributed by atoms with Gasteiger partial charge >= 0.3 is 5.97 Å². The van der Waals surface area contributed by atoms with Gasteiger partial charge in [-0.3, -0.25) is 0 Å². The summed E-state index contributed by atoms with van der Waals surface area (Å²) in [7, 11) is 0. The van der Waals surface area contributed by atoms with Crippen molar-refractivity contribution in [2.24, 2.45) is 0 Å². The van der Waals surface area contributed by atoms with E-state index in [1.54, 1.807) is 0 Å². The predicted octanol–water partition coefficient (Wildman–Crippen LogP) is 5.80. The molecule has 0 bridgehead atoms. The zero-order valence-electron chi connectivity index (χ0n) is 15.7. The maximum Gasteiger partial charge on any atom is 0.336 e. The lowest BCUT2D eigenvalue weighted by molar-refractivity contribution is 0.0699. The van der Waals surface area contributed by atoms with Crippen molar-refractivity contribution < 1.29 is 19.0 Å². The number of hydrogen-bond acceptors (Lipinski definition) is 3. The third-order valence-corrected chi connectivity index (χ3v) is 4.66. The van der Waals surface area contributed by atoms with E-state index in [1.807, 2.05) is 55.5 Å². The first-order valence-corrected chi connectivity index (χ1v) is 9.22. The predicted molar refractivity (Wildman–Crippen MR) is 111 cm³/mol. The van der Waals surface area contributed by atoms with Crippen LogP contribution in [0.4, 0.5) is 4.39 Å². The molecule has 0 fully saturated rings. The maximum atomic E-state index is 13.6. The molecule has 4 aromatic rings. The number of benzene rings is 3. The second-order valence-electron chi connectivity index (χ2n) is 6.56. The van der Waals surface area contributed by atoms with Crippen LogP contribution in [0.3, 0.4) is 0 Å². The lowest BCUT2D eigenvalue weighted by atomic mass is 10.0. The van der Waals surface area contributed by atoms with Crippen LogP contribution in [-0.2, 0) is 0 Å². The molecule has 4 nitrogen and oxygen atoms in total. The molecule has 1 aromatic heterocycles. The number of fused-ring (bicyclic) bond motifs is 1. The molecule has 0 radical (unpaired) electrons. The van der Waals surface area contributed by atoms with E-state index in [-0.39, 0.29) is 10.9 Å². The van der Waals surface area contributed by atoms with E-state index in [4.69, 9.17) is 4.74 Å². The molecule has 1 heterocycles. The number of halogens is 1. The van der Waals surface area contributed by atoms with Crippen molar-refractivity contribution in [3.05, 3.63) is 84.2 Å². The summed E-state index contributed by atoms with van der Waals surface area (Å²) in [5, 5.41) is 9.83. The van der Waals surface area contributed by atoms with Crippen LogP contribution in [0.15, 0.2) is 72.8 Å². The number of ether oxygens (including phenoxy) is 1. The van der Waals surface area contributed by atoms with E-state index in [0.29, 0.717) is 17.8 Å². The number of carboxylic acid groups (broad SMARTS) is 1. The molecular weight excluding hydrogens is 369 g/mol. The van der Waals surface area contributed by atoms with Gasteiger partial charge in [-0.2, -0.15) is 0 Å². The number of aromatic carboxylic acids is 1. The number of rotatable bonds is 5. The molecule has 0 aliphatic carbocycles. The minimum absolute atomic E-state index is 0.0259. The van der Waals surface area contributed by atoms with Gasteiger partial charge in [-0.05, 0) is 54.4 Å². The fourth-order valence-electron chi connectivity index (χ4n) is 3.29. The fourth-order valence-corrected chi connectivity index (χ4v) is 3.29. The first kappa shape index (κ1) is 18.6. The van der Waals surface area contributed by atoms with Crippen molar-refractivity contribution in [2.45, 2.75) is 6.92 Å². The van der Waals surface area contributed by atoms with Gasteiger partial charge in [0, 0.05) is 10.9 Å².